The van der Waals surface area contributed by atoms with Crippen molar-refractivity contribution in [3.8, 4) is 6.07 Å². The van der Waals surface area contributed by atoms with Crippen LogP contribution < -0.4 is 5.32 Å². The number of aryl methyl sites for hydroxylation is 1. The molecule has 0 saturated heterocycles. The van der Waals surface area contributed by atoms with Gasteiger partial charge in [-0.15, -0.1) is 0 Å². The largest absolute Gasteiger partial charge is 0.396 e. The van der Waals surface area contributed by atoms with Crippen LogP contribution in [0, 0.1) is 18.3 Å². The Bertz CT molecular complexity index is 405. The Morgan fingerprint density at radius 2 is 2.12 bits per heavy atom. The van der Waals surface area contributed by atoms with Gasteiger partial charge in [0.05, 0.1) is 11.6 Å². The molecule has 0 saturated carbocycles. The monoisotopic (exact) mass is 218 g/mol. The lowest BCUT2D eigenvalue weighted by atomic mass is 10.00. The topological polar surface area (TPSA) is 56.0 Å². The number of benzene rings is 1. The van der Waals surface area contributed by atoms with Crippen molar-refractivity contribution < 1.29 is 5.11 Å². The van der Waals surface area contributed by atoms with Crippen molar-refractivity contribution in [3.63, 3.8) is 0 Å². The summed E-state index contributed by atoms with van der Waals surface area (Å²) in [6.45, 7) is 6.16. The second-order valence-electron chi connectivity index (χ2n) is 4.62. The van der Waals surface area contributed by atoms with Gasteiger partial charge in [0.15, 0.2) is 0 Å². The normalized spacial score (nSPS) is 10.9. The fourth-order valence-corrected chi connectivity index (χ4v) is 1.60. The van der Waals surface area contributed by atoms with E-state index in [4.69, 9.17) is 10.4 Å². The summed E-state index contributed by atoms with van der Waals surface area (Å²) in [5.74, 6) is 0. The molecule has 0 heterocycles. The molecule has 0 aliphatic heterocycles. The van der Waals surface area contributed by atoms with Gasteiger partial charge in [0.1, 0.15) is 0 Å². The van der Waals surface area contributed by atoms with Gasteiger partial charge in [0.25, 0.3) is 0 Å². The van der Waals surface area contributed by atoms with Gasteiger partial charge in [-0.25, -0.2) is 0 Å². The fraction of sp³-hybridized carbons (Fsp3) is 0.462. The summed E-state index contributed by atoms with van der Waals surface area (Å²) >= 11 is 0. The average molecular weight is 218 g/mol. The first-order valence-electron chi connectivity index (χ1n) is 5.38. The Morgan fingerprint density at radius 3 is 2.62 bits per heavy atom. The Labute approximate surface area is 96.7 Å². The van der Waals surface area contributed by atoms with Crippen LogP contribution in [0.4, 0.5) is 5.69 Å². The van der Waals surface area contributed by atoms with Crippen LogP contribution in [-0.2, 0) is 0 Å². The summed E-state index contributed by atoms with van der Waals surface area (Å²) in [5.41, 5.74) is 2.50. The lowest BCUT2D eigenvalue weighted by Crippen LogP contribution is -2.31. The minimum absolute atomic E-state index is 0.144. The van der Waals surface area contributed by atoms with Crippen molar-refractivity contribution in [2.45, 2.75) is 32.7 Å². The number of anilines is 1. The highest BCUT2D eigenvalue weighted by Crippen LogP contribution is 2.20. The molecular formula is C13H18N2O. The molecule has 0 aliphatic carbocycles. The number of nitriles is 1. The average Bonchev–Trinajstić information content (AvgIpc) is 2.17. The Kier molecular flexibility index (Phi) is 3.92. The summed E-state index contributed by atoms with van der Waals surface area (Å²) in [4.78, 5) is 0. The second kappa shape index (κ2) is 5.00. The number of nitrogens with zero attached hydrogens (tertiary/aromatic N) is 1. The zero-order chi connectivity index (χ0) is 12.2. The predicted molar refractivity (Wildman–Crippen MR) is 65.3 cm³/mol. The molecular weight excluding hydrogens is 200 g/mol. The van der Waals surface area contributed by atoms with Crippen LogP contribution in [0.1, 0.15) is 31.4 Å². The molecule has 0 unspecified atom stereocenters. The van der Waals surface area contributed by atoms with Crippen molar-refractivity contribution >= 4 is 5.69 Å². The van der Waals surface area contributed by atoms with Gasteiger partial charge in [-0.2, -0.15) is 5.26 Å². The maximum Gasteiger partial charge on any atom is 0.0994 e. The first-order chi connectivity index (χ1) is 7.48. The van der Waals surface area contributed by atoms with Crippen LogP contribution in [0.2, 0.25) is 0 Å². The SMILES string of the molecule is Cc1cc(NC(C)(C)CCO)ccc1C#N. The zero-order valence-corrected chi connectivity index (χ0v) is 10.0. The van der Waals surface area contributed by atoms with Gasteiger partial charge in [-0.1, -0.05) is 0 Å². The predicted octanol–water partition coefficient (Wildman–Crippen LogP) is 2.44. The van der Waals surface area contributed by atoms with Crippen LogP contribution in [0.3, 0.4) is 0 Å². The summed E-state index contributed by atoms with van der Waals surface area (Å²) in [6.07, 6.45) is 0.687. The molecule has 0 radical (unpaired) electrons. The van der Waals surface area contributed by atoms with E-state index in [1.807, 2.05) is 39.0 Å². The highest BCUT2D eigenvalue weighted by molar-refractivity contribution is 5.52. The van der Waals surface area contributed by atoms with Gasteiger partial charge in [0, 0.05) is 17.8 Å². The second-order valence-corrected chi connectivity index (χ2v) is 4.62. The molecule has 1 aromatic rings. The van der Waals surface area contributed by atoms with Crippen molar-refractivity contribution in [1.82, 2.24) is 0 Å². The molecule has 3 nitrogen and oxygen atoms in total. The maximum atomic E-state index is 8.93. The number of aliphatic hydroxyl groups excluding tert-OH is 1. The molecule has 1 rings (SSSR count). The Balaban J connectivity index is 2.84. The number of hydrogen-bond donors (Lipinski definition) is 2. The van der Waals surface area contributed by atoms with Crippen molar-refractivity contribution in [3.05, 3.63) is 29.3 Å². The first-order valence-corrected chi connectivity index (χ1v) is 5.38. The first kappa shape index (κ1) is 12.5. The lowest BCUT2D eigenvalue weighted by molar-refractivity contribution is 0.261. The van der Waals surface area contributed by atoms with Gasteiger partial charge in [-0.05, 0) is 51.0 Å². The third-order valence-electron chi connectivity index (χ3n) is 2.57. The van der Waals surface area contributed by atoms with Gasteiger partial charge >= 0.3 is 0 Å². The van der Waals surface area contributed by atoms with E-state index in [9.17, 15) is 0 Å². The molecule has 2 N–H and O–H groups in total. The van der Waals surface area contributed by atoms with Crippen LogP contribution in [0.15, 0.2) is 18.2 Å². The van der Waals surface area contributed by atoms with E-state index >= 15 is 0 Å². The summed E-state index contributed by atoms with van der Waals surface area (Å²) < 4.78 is 0. The number of hydrogen-bond acceptors (Lipinski definition) is 3. The third-order valence-corrected chi connectivity index (χ3v) is 2.57. The van der Waals surface area contributed by atoms with E-state index in [2.05, 4.69) is 11.4 Å². The van der Waals surface area contributed by atoms with E-state index in [0.717, 1.165) is 11.3 Å². The number of aliphatic hydroxyl groups is 1. The highest BCUT2D eigenvalue weighted by Gasteiger charge is 2.16. The molecule has 0 bridgehead atoms. The van der Waals surface area contributed by atoms with E-state index in [-0.39, 0.29) is 12.1 Å². The quantitative estimate of drug-likeness (QED) is 0.816. The molecule has 0 spiro atoms. The molecule has 0 aromatic heterocycles. The number of nitrogens with one attached hydrogen (secondary N) is 1. The molecule has 3 heteroatoms. The smallest absolute Gasteiger partial charge is 0.0994 e. The molecule has 0 atom stereocenters. The Morgan fingerprint density at radius 1 is 1.44 bits per heavy atom. The van der Waals surface area contributed by atoms with E-state index < -0.39 is 0 Å². The van der Waals surface area contributed by atoms with Gasteiger partial charge in [0.2, 0.25) is 0 Å². The minimum Gasteiger partial charge on any atom is -0.396 e. The van der Waals surface area contributed by atoms with Crippen LogP contribution in [-0.4, -0.2) is 17.3 Å². The molecule has 0 amide bonds. The van der Waals surface area contributed by atoms with Crippen LogP contribution >= 0.6 is 0 Å². The lowest BCUT2D eigenvalue weighted by Gasteiger charge is -2.27. The Hall–Kier alpha value is -1.53. The van der Waals surface area contributed by atoms with Crippen molar-refractivity contribution in [2.24, 2.45) is 0 Å². The summed E-state index contributed by atoms with van der Waals surface area (Å²) in [6, 6.07) is 7.80. The molecule has 86 valence electrons. The van der Waals surface area contributed by atoms with Crippen molar-refractivity contribution in [1.29, 1.82) is 5.26 Å². The third kappa shape index (κ3) is 3.25. The van der Waals surface area contributed by atoms with Gasteiger partial charge < -0.3 is 10.4 Å². The van der Waals surface area contributed by atoms with E-state index in [1.165, 1.54) is 0 Å². The minimum atomic E-state index is -0.144. The molecule has 16 heavy (non-hydrogen) atoms. The molecule has 1 aromatic carbocycles. The molecule has 0 aliphatic rings. The van der Waals surface area contributed by atoms with Crippen molar-refractivity contribution in [2.75, 3.05) is 11.9 Å². The van der Waals surface area contributed by atoms with Gasteiger partial charge in [-0.3, -0.25) is 0 Å². The summed E-state index contributed by atoms with van der Waals surface area (Å²) in [7, 11) is 0. The molecule has 0 fully saturated rings. The fourth-order valence-electron chi connectivity index (χ4n) is 1.60. The standard InChI is InChI=1S/C13H18N2O/c1-10-8-12(5-4-11(10)9-14)15-13(2,3)6-7-16/h4-5,8,15-16H,6-7H2,1-3H3. The zero-order valence-electron chi connectivity index (χ0n) is 10.0. The van der Waals surface area contributed by atoms with E-state index in [0.29, 0.717) is 12.0 Å². The van der Waals surface area contributed by atoms with E-state index in [1.54, 1.807) is 0 Å². The summed E-state index contributed by atoms with van der Waals surface area (Å²) in [5, 5.41) is 21.1. The number of rotatable bonds is 4. The maximum absolute atomic E-state index is 8.93. The highest BCUT2D eigenvalue weighted by atomic mass is 16.3. The van der Waals surface area contributed by atoms with Crippen LogP contribution in [0.5, 0.6) is 0 Å². The van der Waals surface area contributed by atoms with Crippen LogP contribution in [0.25, 0.3) is 0 Å².